The van der Waals surface area contributed by atoms with E-state index >= 15 is 0 Å². The van der Waals surface area contributed by atoms with Crippen molar-refractivity contribution in [3.05, 3.63) is 43.0 Å². The van der Waals surface area contributed by atoms with Crippen LogP contribution in [0.3, 0.4) is 0 Å². The first-order valence-corrected chi connectivity index (χ1v) is 4.58. The summed E-state index contributed by atoms with van der Waals surface area (Å²) in [6.45, 7) is 3.92. The van der Waals surface area contributed by atoms with Gasteiger partial charge in [-0.05, 0) is 24.4 Å². The molecule has 0 amide bonds. The average Bonchev–Trinajstić information content (AvgIpc) is 2.25. The topological polar surface area (TPSA) is 33.3 Å². The second-order valence-electron chi connectivity index (χ2n) is 2.50. The lowest BCUT2D eigenvalue weighted by Crippen LogP contribution is -2.29. The highest BCUT2D eigenvalue weighted by Gasteiger charge is 1.93. The second kappa shape index (κ2) is 5.99. The summed E-state index contributed by atoms with van der Waals surface area (Å²) in [4.78, 5) is 0. The van der Waals surface area contributed by atoms with Crippen LogP contribution in [0, 0.1) is 0 Å². The van der Waals surface area contributed by atoms with E-state index in [1.807, 2.05) is 30.3 Å². The summed E-state index contributed by atoms with van der Waals surface area (Å²) in [7, 11) is 0. The minimum Gasteiger partial charge on any atom is -0.466 e. The molecule has 0 saturated heterocycles. The fourth-order valence-electron chi connectivity index (χ4n) is 0.815. The molecule has 1 aromatic carbocycles. The smallest absolute Gasteiger partial charge is 0.276 e. The van der Waals surface area contributed by atoms with E-state index < -0.39 is 0 Å². The molecule has 0 heterocycles. The standard InChI is InChI=1S/C10H12N2OS/c1-2-8-13-10(14)12-11-9-6-4-3-5-7-9/h2-7,11H,1,8H2,(H,12,14). The van der Waals surface area contributed by atoms with Crippen LogP contribution in [0.4, 0.5) is 5.69 Å². The van der Waals surface area contributed by atoms with E-state index in [-0.39, 0.29) is 0 Å². The van der Waals surface area contributed by atoms with Gasteiger partial charge >= 0.3 is 0 Å². The molecule has 14 heavy (non-hydrogen) atoms. The van der Waals surface area contributed by atoms with Gasteiger partial charge in [0.25, 0.3) is 5.17 Å². The molecule has 0 radical (unpaired) electrons. The molecule has 4 heteroatoms. The normalized spacial score (nSPS) is 8.86. The molecule has 0 bridgehead atoms. The van der Waals surface area contributed by atoms with Crippen molar-refractivity contribution >= 4 is 23.1 Å². The molecule has 74 valence electrons. The Kier molecular flexibility index (Phi) is 4.50. The SMILES string of the molecule is C=CCOC(=S)NNc1ccccc1. The highest BCUT2D eigenvalue weighted by Crippen LogP contribution is 2.02. The number of rotatable bonds is 4. The lowest BCUT2D eigenvalue weighted by molar-refractivity contribution is 0.346. The largest absolute Gasteiger partial charge is 0.466 e. The van der Waals surface area contributed by atoms with Crippen LogP contribution in [0.25, 0.3) is 0 Å². The molecule has 0 aliphatic heterocycles. The van der Waals surface area contributed by atoms with Crippen LogP contribution in [0.2, 0.25) is 0 Å². The van der Waals surface area contributed by atoms with Crippen molar-refractivity contribution in [1.82, 2.24) is 5.43 Å². The lowest BCUT2D eigenvalue weighted by Gasteiger charge is -2.10. The molecule has 0 spiro atoms. The number of hydrogen-bond donors (Lipinski definition) is 2. The zero-order chi connectivity index (χ0) is 10.2. The maximum atomic E-state index is 5.05. The Morgan fingerprint density at radius 2 is 2.14 bits per heavy atom. The van der Waals surface area contributed by atoms with Gasteiger partial charge in [0.15, 0.2) is 0 Å². The molecule has 0 aromatic heterocycles. The molecule has 0 fully saturated rings. The fraction of sp³-hybridized carbons (Fsp3) is 0.100. The monoisotopic (exact) mass is 208 g/mol. The first kappa shape index (κ1) is 10.5. The third kappa shape index (κ3) is 3.91. The minimum absolute atomic E-state index is 0.300. The Balaban J connectivity index is 2.27. The zero-order valence-corrected chi connectivity index (χ0v) is 8.51. The molecular weight excluding hydrogens is 196 g/mol. The predicted octanol–water partition coefficient (Wildman–Crippen LogP) is 2.09. The van der Waals surface area contributed by atoms with Crippen molar-refractivity contribution in [2.45, 2.75) is 0 Å². The van der Waals surface area contributed by atoms with Gasteiger partial charge in [-0.2, -0.15) is 0 Å². The highest BCUT2D eigenvalue weighted by atomic mass is 32.1. The Morgan fingerprint density at radius 3 is 2.79 bits per heavy atom. The molecule has 0 aliphatic carbocycles. The van der Waals surface area contributed by atoms with Crippen LogP contribution >= 0.6 is 12.2 Å². The molecule has 0 atom stereocenters. The van der Waals surface area contributed by atoms with Crippen molar-refractivity contribution in [1.29, 1.82) is 0 Å². The Hall–Kier alpha value is -1.55. The predicted molar refractivity (Wildman–Crippen MR) is 61.9 cm³/mol. The molecule has 0 unspecified atom stereocenters. The summed E-state index contributed by atoms with van der Waals surface area (Å²) in [5, 5.41) is 0.300. The van der Waals surface area contributed by atoms with Crippen LogP contribution in [0.15, 0.2) is 43.0 Å². The molecule has 1 aromatic rings. The second-order valence-corrected chi connectivity index (χ2v) is 2.87. The van der Waals surface area contributed by atoms with E-state index in [1.165, 1.54) is 0 Å². The molecule has 0 saturated carbocycles. The van der Waals surface area contributed by atoms with E-state index in [9.17, 15) is 0 Å². The number of benzene rings is 1. The summed E-state index contributed by atoms with van der Waals surface area (Å²) >= 11 is 4.87. The minimum atomic E-state index is 0.300. The molecule has 0 aliphatic rings. The third-order valence-electron chi connectivity index (χ3n) is 1.41. The van der Waals surface area contributed by atoms with Gasteiger partial charge in [-0.1, -0.05) is 30.9 Å². The first-order valence-electron chi connectivity index (χ1n) is 4.17. The van der Waals surface area contributed by atoms with E-state index in [0.717, 1.165) is 5.69 Å². The number of nitrogens with one attached hydrogen (secondary N) is 2. The van der Waals surface area contributed by atoms with E-state index in [0.29, 0.717) is 11.8 Å². The van der Waals surface area contributed by atoms with Gasteiger partial charge in [-0.25, -0.2) is 0 Å². The Labute approximate surface area is 88.7 Å². The summed E-state index contributed by atoms with van der Waals surface area (Å²) in [5.74, 6) is 0. The number of hydrogen-bond acceptors (Lipinski definition) is 3. The summed E-state index contributed by atoms with van der Waals surface area (Å²) in [6, 6.07) is 9.64. The van der Waals surface area contributed by atoms with Crippen LogP contribution in [-0.4, -0.2) is 11.8 Å². The van der Waals surface area contributed by atoms with Crippen LogP contribution < -0.4 is 10.9 Å². The van der Waals surface area contributed by atoms with Gasteiger partial charge in [0, 0.05) is 0 Å². The van der Waals surface area contributed by atoms with Crippen molar-refractivity contribution in [2.75, 3.05) is 12.0 Å². The third-order valence-corrected chi connectivity index (χ3v) is 1.63. The van der Waals surface area contributed by atoms with Crippen molar-refractivity contribution in [2.24, 2.45) is 0 Å². The molecule has 1 rings (SSSR count). The first-order chi connectivity index (χ1) is 6.83. The van der Waals surface area contributed by atoms with Crippen molar-refractivity contribution < 1.29 is 4.74 Å². The lowest BCUT2D eigenvalue weighted by atomic mass is 10.3. The molecular formula is C10H12N2OS. The van der Waals surface area contributed by atoms with Crippen LogP contribution in [0.1, 0.15) is 0 Å². The highest BCUT2D eigenvalue weighted by molar-refractivity contribution is 7.80. The number of ether oxygens (including phenoxy) is 1. The number of para-hydroxylation sites is 1. The number of hydrazine groups is 1. The maximum Gasteiger partial charge on any atom is 0.276 e. The van der Waals surface area contributed by atoms with Gasteiger partial charge in [0.05, 0.1) is 5.69 Å². The van der Waals surface area contributed by atoms with Crippen molar-refractivity contribution in [3.63, 3.8) is 0 Å². The van der Waals surface area contributed by atoms with Gasteiger partial charge in [0.1, 0.15) is 6.61 Å². The van der Waals surface area contributed by atoms with E-state index in [4.69, 9.17) is 17.0 Å². The fourth-order valence-corrected chi connectivity index (χ4v) is 0.934. The van der Waals surface area contributed by atoms with Gasteiger partial charge in [-0.15, -0.1) is 0 Å². The van der Waals surface area contributed by atoms with Crippen molar-refractivity contribution in [3.8, 4) is 0 Å². The molecule has 3 nitrogen and oxygen atoms in total. The van der Waals surface area contributed by atoms with Crippen LogP contribution in [-0.2, 0) is 4.74 Å². The quantitative estimate of drug-likeness (QED) is 0.451. The number of anilines is 1. The molecule has 2 N–H and O–H groups in total. The van der Waals surface area contributed by atoms with Gasteiger partial charge in [-0.3, -0.25) is 10.9 Å². The number of thiocarbonyl (C=S) groups is 1. The van der Waals surface area contributed by atoms with Crippen LogP contribution in [0.5, 0.6) is 0 Å². The van der Waals surface area contributed by atoms with E-state index in [2.05, 4.69) is 17.4 Å². The summed E-state index contributed by atoms with van der Waals surface area (Å²) < 4.78 is 5.05. The maximum absolute atomic E-state index is 5.05. The average molecular weight is 208 g/mol. The Morgan fingerprint density at radius 1 is 1.43 bits per heavy atom. The van der Waals surface area contributed by atoms with Gasteiger partial charge in [0.2, 0.25) is 0 Å². The van der Waals surface area contributed by atoms with Gasteiger partial charge < -0.3 is 4.74 Å². The summed E-state index contributed by atoms with van der Waals surface area (Å²) in [6.07, 6.45) is 1.64. The van der Waals surface area contributed by atoms with E-state index in [1.54, 1.807) is 6.08 Å². The zero-order valence-electron chi connectivity index (χ0n) is 7.69. The summed E-state index contributed by atoms with van der Waals surface area (Å²) in [5.41, 5.74) is 6.58. The Bertz CT molecular complexity index is 300.